The first-order chi connectivity index (χ1) is 10.9. The SMILES string of the molecule is CCc1cc2ccc(F)c(Cl)c2c(=O)n1-c1ccc(F)c(F)c1. The third-order valence-corrected chi connectivity index (χ3v) is 4.05. The molecule has 6 heteroatoms. The largest absolute Gasteiger partial charge is 0.281 e. The van der Waals surface area contributed by atoms with E-state index in [0.29, 0.717) is 17.5 Å². The molecule has 0 aliphatic rings. The minimum Gasteiger partial charge on any atom is -0.281 e. The Morgan fingerprint density at radius 3 is 2.35 bits per heavy atom. The number of benzene rings is 2. The van der Waals surface area contributed by atoms with Crippen LogP contribution in [0.1, 0.15) is 12.6 Å². The summed E-state index contributed by atoms with van der Waals surface area (Å²) in [6, 6.07) is 7.49. The number of hydrogen-bond acceptors (Lipinski definition) is 1. The lowest BCUT2D eigenvalue weighted by Crippen LogP contribution is -2.22. The van der Waals surface area contributed by atoms with Crippen LogP contribution in [0.15, 0.2) is 41.2 Å². The van der Waals surface area contributed by atoms with Gasteiger partial charge in [0.25, 0.3) is 5.56 Å². The smallest absolute Gasteiger partial charge is 0.264 e. The van der Waals surface area contributed by atoms with Crippen LogP contribution < -0.4 is 5.56 Å². The highest BCUT2D eigenvalue weighted by atomic mass is 35.5. The molecule has 0 aliphatic carbocycles. The van der Waals surface area contributed by atoms with Crippen molar-refractivity contribution >= 4 is 22.4 Å². The normalized spacial score (nSPS) is 11.2. The number of nitrogens with zero attached hydrogens (tertiary/aromatic N) is 1. The Kier molecular flexibility index (Phi) is 3.90. The maximum Gasteiger partial charge on any atom is 0.264 e. The van der Waals surface area contributed by atoms with Crippen molar-refractivity contribution < 1.29 is 13.2 Å². The lowest BCUT2D eigenvalue weighted by Gasteiger charge is -2.14. The van der Waals surface area contributed by atoms with Crippen molar-refractivity contribution in [2.45, 2.75) is 13.3 Å². The second-order valence-corrected chi connectivity index (χ2v) is 5.43. The summed E-state index contributed by atoms with van der Waals surface area (Å²) in [6.07, 6.45) is 0.471. The van der Waals surface area contributed by atoms with Crippen LogP contribution in [0.2, 0.25) is 5.02 Å². The van der Waals surface area contributed by atoms with Crippen LogP contribution in [0, 0.1) is 17.5 Å². The van der Waals surface area contributed by atoms with E-state index in [1.165, 1.54) is 22.8 Å². The van der Waals surface area contributed by atoms with Crippen LogP contribution in [-0.4, -0.2) is 4.57 Å². The van der Waals surface area contributed by atoms with Crippen molar-refractivity contribution in [3.8, 4) is 5.69 Å². The molecule has 0 fully saturated rings. The molecule has 1 aromatic heterocycles. The van der Waals surface area contributed by atoms with Gasteiger partial charge in [-0.1, -0.05) is 24.6 Å². The molecule has 0 amide bonds. The number of aryl methyl sites for hydroxylation is 1. The summed E-state index contributed by atoms with van der Waals surface area (Å²) in [4.78, 5) is 12.8. The van der Waals surface area contributed by atoms with Crippen LogP contribution >= 0.6 is 11.6 Å². The van der Waals surface area contributed by atoms with Gasteiger partial charge in [-0.25, -0.2) is 13.2 Å². The lowest BCUT2D eigenvalue weighted by atomic mass is 10.1. The van der Waals surface area contributed by atoms with Gasteiger partial charge < -0.3 is 0 Å². The molecule has 2 nitrogen and oxygen atoms in total. The van der Waals surface area contributed by atoms with Crippen molar-refractivity contribution in [3.63, 3.8) is 0 Å². The Morgan fingerprint density at radius 2 is 1.70 bits per heavy atom. The van der Waals surface area contributed by atoms with Gasteiger partial charge >= 0.3 is 0 Å². The van der Waals surface area contributed by atoms with E-state index in [1.807, 2.05) is 6.92 Å². The van der Waals surface area contributed by atoms with Gasteiger partial charge in [-0.05, 0) is 36.1 Å². The van der Waals surface area contributed by atoms with Crippen molar-refractivity contribution in [1.82, 2.24) is 4.57 Å². The Labute approximate surface area is 134 Å². The van der Waals surface area contributed by atoms with Crippen molar-refractivity contribution in [3.05, 3.63) is 74.9 Å². The van der Waals surface area contributed by atoms with Gasteiger partial charge in [-0.2, -0.15) is 0 Å². The summed E-state index contributed by atoms with van der Waals surface area (Å²) in [6.45, 7) is 1.82. The summed E-state index contributed by atoms with van der Waals surface area (Å²) in [5.74, 6) is -2.79. The molecule has 0 atom stereocenters. The molecule has 2 aromatic carbocycles. The lowest BCUT2D eigenvalue weighted by molar-refractivity contribution is 0.507. The molecule has 0 spiro atoms. The van der Waals surface area contributed by atoms with Gasteiger partial charge in [-0.3, -0.25) is 9.36 Å². The summed E-state index contributed by atoms with van der Waals surface area (Å²) in [5, 5.41) is 0.220. The molecule has 0 bridgehead atoms. The Morgan fingerprint density at radius 1 is 1.00 bits per heavy atom. The van der Waals surface area contributed by atoms with Crippen LogP contribution in [0.5, 0.6) is 0 Å². The Bertz CT molecular complexity index is 982. The second kappa shape index (κ2) is 5.74. The number of aromatic nitrogens is 1. The predicted octanol–water partition coefficient (Wildman–Crippen LogP) is 4.62. The van der Waals surface area contributed by atoms with Crippen LogP contribution in [-0.2, 0) is 6.42 Å². The summed E-state index contributed by atoms with van der Waals surface area (Å²) < 4.78 is 41.5. The van der Waals surface area contributed by atoms with E-state index >= 15 is 0 Å². The van der Waals surface area contributed by atoms with Gasteiger partial charge in [0.2, 0.25) is 0 Å². The monoisotopic (exact) mass is 337 g/mol. The zero-order valence-electron chi connectivity index (χ0n) is 12.0. The van der Waals surface area contributed by atoms with Gasteiger partial charge in [0.1, 0.15) is 5.82 Å². The summed E-state index contributed by atoms with van der Waals surface area (Å²) in [7, 11) is 0. The van der Waals surface area contributed by atoms with E-state index in [9.17, 15) is 18.0 Å². The number of pyridine rings is 1. The van der Waals surface area contributed by atoms with E-state index in [4.69, 9.17) is 11.6 Å². The first-order valence-electron chi connectivity index (χ1n) is 6.92. The highest BCUT2D eigenvalue weighted by Crippen LogP contribution is 2.26. The van der Waals surface area contributed by atoms with Crippen molar-refractivity contribution in [2.75, 3.05) is 0 Å². The molecule has 0 saturated carbocycles. The highest BCUT2D eigenvalue weighted by molar-refractivity contribution is 6.35. The minimum absolute atomic E-state index is 0.00796. The average Bonchev–Trinajstić information content (AvgIpc) is 2.53. The molecular weight excluding hydrogens is 327 g/mol. The maximum atomic E-state index is 13.7. The zero-order chi connectivity index (χ0) is 16.7. The molecule has 0 aliphatic heterocycles. The average molecular weight is 338 g/mol. The molecular formula is C17H11ClF3NO. The number of fused-ring (bicyclic) bond motifs is 1. The first kappa shape index (κ1) is 15.6. The zero-order valence-corrected chi connectivity index (χ0v) is 12.8. The van der Waals surface area contributed by atoms with Crippen LogP contribution in [0.4, 0.5) is 13.2 Å². The molecule has 0 N–H and O–H groups in total. The Hall–Kier alpha value is -2.27. The molecule has 0 unspecified atom stereocenters. The van der Waals surface area contributed by atoms with E-state index in [1.54, 1.807) is 6.07 Å². The van der Waals surface area contributed by atoms with Crippen molar-refractivity contribution in [1.29, 1.82) is 0 Å². The number of halogens is 4. The standard InChI is InChI=1S/C17H11ClF3NO/c1-2-10-7-9-3-5-13(20)16(18)15(9)17(23)22(10)11-4-6-12(19)14(21)8-11/h3-8H,2H2,1H3. The van der Waals surface area contributed by atoms with Gasteiger partial charge in [-0.15, -0.1) is 0 Å². The minimum atomic E-state index is -1.07. The molecule has 0 saturated heterocycles. The topological polar surface area (TPSA) is 22.0 Å². The third kappa shape index (κ3) is 2.51. The quantitative estimate of drug-likeness (QED) is 0.668. The van der Waals surface area contributed by atoms with Gasteiger partial charge in [0.05, 0.1) is 16.1 Å². The molecule has 3 aromatic rings. The molecule has 118 valence electrons. The van der Waals surface area contributed by atoms with Gasteiger partial charge in [0, 0.05) is 11.8 Å². The summed E-state index contributed by atoms with van der Waals surface area (Å²) in [5.41, 5.74) is 0.166. The van der Waals surface area contributed by atoms with Gasteiger partial charge in [0.15, 0.2) is 11.6 Å². The van der Waals surface area contributed by atoms with E-state index in [-0.39, 0.29) is 16.1 Å². The molecule has 1 heterocycles. The fraction of sp³-hybridized carbons (Fsp3) is 0.118. The predicted molar refractivity (Wildman–Crippen MR) is 83.8 cm³/mol. The van der Waals surface area contributed by atoms with E-state index in [0.717, 1.165) is 12.1 Å². The highest BCUT2D eigenvalue weighted by Gasteiger charge is 2.16. The fourth-order valence-electron chi connectivity index (χ4n) is 2.56. The maximum absolute atomic E-state index is 13.7. The van der Waals surface area contributed by atoms with Crippen molar-refractivity contribution in [2.24, 2.45) is 0 Å². The third-order valence-electron chi connectivity index (χ3n) is 3.68. The van der Waals surface area contributed by atoms with E-state index in [2.05, 4.69) is 0 Å². The van der Waals surface area contributed by atoms with Crippen LogP contribution in [0.3, 0.4) is 0 Å². The number of hydrogen-bond donors (Lipinski definition) is 0. The number of rotatable bonds is 2. The molecule has 23 heavy (non-hydrogen) atoms. The molecule has 0 radical (unpaired) electrons. The Balaban J connectivity index is 2.43. The summed E-state index contributed by atoms with van der Waals surface area (Å²) >= 11 is 5.92. The first-order valence-corrected chi connectivity index (χ1v) is 7.30. The molecule has 3 rings (SSSR count). The fourth-order valence-corrected chi connectivity index (χ4v) is 2.81. The van der Waals surface area contributed by atoms with Crippen LogP contribution in [0.25, 0.3) is 16.5 Å². The van der Waals surface area contributed by atoms with E-state index < -0.39 is 23.0 Å². The second-order valence-electron chi connectivity index (χ2n) is 5.05.